The van der Waals surface area contributed by atoms with Crippen LogP contribution in [0.4, 0.5) is 0 Å². The Labute approximate surface area is 103 Å². The molecule has 4 heteroatoms. The van der Waals surface area contributed by atoms with Crippen LogP contribution in [0.25, 0.3) is 0 Å². The maximum absolute atomic E-state index is 12.1. The van der Waals surface area contributed by atoms with E-state index in [1.807, 2.05) is 6.08 Å². The summed E-state index contributed by atoms with van der Waals surface area (Å²) in [5.74, 6) is 0.364. The molecule has 90 valence electrons. The average Bonchev–Trinajstić information content (AvgIpc) is 2.23. The number of nitrogens with one attached hydrogen (secondary N) is 2. The SMILES string of the molecule is C=CCC1(C(C)CCC)CNC(=S)NC1=O. The maximum atomic E-state index is 12.1. The van der Waals surface area contributed by atoms with Gasteiger partial charge in [0.2, 0.25) is 5.91 Å². The molecule has 2 N–H and O–H groups in total. The highest BCUT2D eigenvalue weighted by Gasteiger charge is 2.44. The predicted octanol–water partition coefficient (Wildman–Crippen LogP) is 1.99. The van der Waals surface area contributed by atoms with Gasteiger partial charge in [-0.3, -0.25) is 4.79 Å². The first kappa shape index (κ1) is 13.2. The lowest BCUT2D eigenvalue weighted by molar-refractivity contribution is -0.133. The molecule has 1 heterocycles. The van der Waals surface area contributed by atoms with Crippen LogP contribution in [0.15, 0.2) is 12.7 Å². The summed E-state index contributed by atoms with van der Waals surface area (Å²) in [6.45, 7) is 8.63. The summed E-state index contributed by atoms with van der Waals surface area (Å²) < 4.78 is 0. The maximum Gasteiger partial charge on any atom is 0.234 e. The molecular formula is C12H20N2OS. The second-order valence-corrected chi connectivity index (χ2v) is 4.88. The van der Waals surface area contributed by atoms with Crippen molar-refractivity contribution >= 4 is 23.2 Å². The smallest absolute Gasteiger partial charge is 0.234 e. The van der Waals surface area contributed by atoms with E-state index in [-0.39, 0.29) is 11.3 Å². The summed E-state index contributed by atoms with van der Waals surface area (Å²) in [4.78, 5) is 12.1. The Balaban J connectivity index is 2.90. The first-order valence-electron chi connectivity index (χ1n) is 5.77. The van der Waals surface area contributed by atoms with Crippen LogP contribution in [0.5, 0.6) is 0 Å². The lowest BCUT2D eigenvalue weighted by Crippen LogP contribution is -2.60. The molecule has 2 atom stereocenters. The molecule has 1 saturated heterocycles. The van der Waals surface area contributed by atoms with Crippen molar-refractivity contribution in [3.05, 3.63) is 12.7 Å². The van der Waals surface area contributed by atoms with E-state index in [4.69, 9.17) is 12.2 Å². The lowest BCUT2D eigenvalue weighted by Gasteiger charge is -2.40. The van der Waals surface area contributed by atoms with Gasteiger partial charge < -0.3 is 10.6 Å². The molecule has 16 heavy (non-hydrogen) atoms. The largest absolute Gasteiger partial charge is 0.361 e. The van der Waals surface area contributed by atoms with Crippen molar-refractivity contribution in [3.8, 4) is 0 Å². The summed E-state index contributed by atoms with van der Waals surface area (Å²) >= 11 is 4.95. The molecule has 0 bridgehead atoms. The summed E-state index contributed by atoms with van der Waals surface area (Å²) in [6, 6.07) is 0. The molecule has 0 aromatic carbocycles. The van der Waals surface area contributed by atoms with E-state index in [1.54, 1.807) is 0 Å². The minimum atomic E-state index is -0.389. The number of allylic oxidation sites excluding steroid dienone is 1. The van der Waals surface area contributed by atoms with Gasteiger partial charge in [-0.05, 0) is 31.0 Å². The Morgan fingerprint density at radius 3 is 2.88 bits per heavy atom. The molecule has 0 aromatic heterocycles. The van der Waals surface area contributed by atoms with E-state index in [2.05, 4.69) is 31.1 Å². The van der Waals surface area contributed by atoms with E-state index >= 15 is 0 Å². The van der Waals surface area contributed by atoms with Crippen molar-refractivity contribution in [2.24, 2.45) is 11.3 Å². The zero-order chi connectivity index (χ0) is 12.2. The average molecular weight is 240 g/mol. The molecule has 1 aliphatic rings. The Morgan fingerprint density at radius 2 is 2.38 bits per heavy atom. The van der Waals surface area contributed by atoms with E-state index in [0.717, 1.165) is 12.8 Å². The van der Waals surface area contributed by atoms with Gasteiger partial charge in [0, 0.05) is 6.54 Å². The van der Waals surface area contributed by atoms with Gasteiger partial charge in [-0.15, -0.1) is 6.58 Å². The molecule has 0 radical (unpaired) electrons. The highest BCUT2D eigenvalue weighted by Crippen LogP contribution is 2.36. The molecule has 2 unspecified atom stereocenters. The third kappa shape index (κ3) is 2.43. The van der Waals surface area contributed by atoms with Crippen LogP contribution in [0.2, 0.25) is 0 Å². The highest BCUT2D eigenvalue weighted by atomic mass is 32.1. The number of hydrogen-bond donors (Lipinski definition) is 2. The Bertz CT molecular complexity index is 303. The minimum absolute atomic E-state index is 0.0390. The number of rotatable bonds is 5. The molecule has 0 aromatic rings. The zero-order valence-corrected chi connectivity index (χ0v) is 10.8. The first-order valence-corrected chi connectivity index (χ1v) is 6.18. The fourth-order valence-electron chi connectivity index (χ4n) is 2.32. The minimum Gasteiger partial charge on any atom is -0.361 e. The van der Waals surface area contributed by atoms with Crippen LogP contribution >= 0.6 is 12.2 Å². The monoisotopic (exact) mass is 240 g/mol. The molecule has 1 aliphatic heterocycles. The van der Waals surface area contributed by atoms with Gasteiger partial charge in [0.05, 0.1) is 5.41 Å². The normalized spacial score (nSPS) is 26.9. The number of carbonyl (C=O) groups excluding carboxylic acids is 1. The van der Waals surface area contributed by atoms with Gasteiger partial charge in [-0.1, -0.05) is 26.3 Å². The molecule has 1 amide bonds. The predicted molar refractivity (Wildman–Crippen MR) is 70.1 cm³/mol. The van der Waals surface area contributed by atoms with Gasteiger partial charge in [-0.25, -0.2) is 0 Å². The van der Waals surface area contributed by atoms with Crippen LogP contribution < -0.4 is 10.6 Å². The second-order valence-electron chi connectivity index (χ2n) is 4.48. The van der Waals surface area contributed by atoms with Crippen LogP contribution in [0.3, 0.4) is 0 Å². The quantitative estimate of drug-likeness (QED) is 0.570. The van der Waals surface area contributed by atoms with Gasteiger partial charge in [0.1, 0.15) is 0 Å². The second kappa shape index (κ2) is 5.43. The first-order chi connectivity index (χ1) is 7.56. The summed E-state index contributed by atoms with van der Waals surface area (Å²) in [5, 5.41) is 6.25. The van der Waals surface area contributed by atoms with Gasteiger partial charge in [0.25, 0.3) is 0 Å². The summed E-state index contributed by atoms with van der Waals surface area (Å²) in [5.41, 5.74) is -0.389. The number of hydrogen-bond acceptors (Lipinski definition) is 2. The van der Waals surface area contributed by atoms with Crippen LogP contribution in [0, 0.1) is 11.3 Å². The van der Waals surface area contributed by atoms with E-state index < -0.39 is 0 Å². The van der Waals surface area contributed by atoms with Gasteiger partial charge in [0.15, 0.2) is 5.11 Å². The number of amides is 1. The van der Waals surface area contributed by atoms with Crippen molar-refractivity contribution in [3.63, 3.8) is 0 Å². The third-order valence-corrected chi connectivity index (χ3v) is 3.66. The topological polar surface area (TPSA) is 41.1 Å². The van der Waals surface area contributed by atoms with Crippen molar-refractivity contribution in [2.45, 2.75) is 33.1 Å². The molecule has 1 rings (SSSR count). The van der Waals surface area contributed by atoms with E-state index in [9.17, 15) is 4.79 Å². The van der Waals surface area contributed by atoms with Crippen LogP contribution in [0.1, 0.15) is 33.1 Å². The fraction of sp³-hybridized carbons (Fsp3) is 0.667. The lowest BCUT2D eigenvalue weighted by atomic mass is 9.70. The van der Waals surface area contributed by atoms with E-state index in [1.165, 1.54) is 0 Å². The number of thiocarbonyl (C=S) groups is 1. The Hall–Kier alpha value is -0.900. The Kier molecular flexibility index (Phi) is 4.47. The van der Waals surface area contributed by atoms with E-state index in [0.29, 0.717) is 24.0 Å². The molecule has 0 aliphatic carbocycles. The van der Waals surface area contributed by atoms with Crippen molar-refractivity contribution < 1.29 is 4.79 Å². The van der Waals surface area contributed by atoms with Crippen LogP contribution in [-0.2, 0) is 4.79 Å². The third-order valence-electron chi connectivity index (χ3n) is 3.42. The summed E-state index contributed by atoms with van der Waals surface area (Å²) in [6.07, 6.45) is 4.63. The molecule has 1 fully saturated rings. The van der Waals surface area contributed by atoms with Gasteiger partial charge >= 0.3 is 0 Å². The van der Waals surface area contributed by atoms with Gasteiger partial charge in [-0.2, -0.15) is 0 Å². The highest BCUT2D eigenvalue weighted by molar-refractivity contribution is 7.80. The van der Waals surface area contributed by atoms with Crippen LogP contribution in [-0.4, -0.2) is 17.6 Å². The Morgan fingerprint density at radius 1 is 1.69 bits per heavy atom. The fourth-order valence-corrected chi connectivity index (χ4v) is 2.49. The molecule has 3 nitrogen and oxygen atoms in total. The van der Waals surface area contributed by atoms with Crippen molar-refractivity contribution in [1.82, 2.24) is 10.6 Å². The molecule has 0 saturated carbocycles. The van der Waals surface area contributed by atoms with Crippen molar-refractivity contribution in [1.29, 1.82) is 0 Å². The summed E-state index contributed by atoms with van der Waals surface area (Å²) in [7, 11) is 0. The zero-order valence-electron chi connectivity index (χ0n) is 10.0. The standard InChI is InChI=1S/C12H20N2OS/c1-4-6-9(3)12(7-5-2)8-13-11(16)14-10(12)15/h5,9H,2,4,6-8H2,1,3H3,(H2,13,14,15,16). The van der Waals surface area contributed by atoms with Crippen molar-refractivity contribution in [2.75, 3.05) is 6.54 Å². The number of carbonyl (C=O) groups is 1. The molecular weight excluding hydrogens is 220 g/mol. The molecule has 0 spiro atoms.